The van der Waals surface area contributed by atoms with Crippen LogP contribution in [-0.4, -0.2) is 35.7 Å². The molecule has 104 valence electrons. The van der Waals surface area contributed by atoms with Crippen molar-refractivity contribution in [3.63, 3.8) is 0 Å². The Morgan fingerprint density at radius 2 is 2.16 bits per heavy atom. The largest absolute Gasteiger partial charge is 0.493 e. The lowest BCUT2D eigenvalue weighted by Gasteiger charge is -2.10. The number of hydrogen-bond acceptors (Lipinski definition) is 4. The van der Waals surface area contributed by atoms with Crippen molar-refractivity contribution in [1.82, 2.24) is 10.3 Å². The van der Waals surface area contributed by atoms with Gasteiger partial charge in [-0.15, -0.1) is 0 Å². The Labute approximate surface area is 111 Å². The highest BCUT2D eigenvalue weighted by Gasteiger charge is 2.08. The molecule has 0 aliphatic rings. The molecule has 2 amide bonds. The minimum atomic E-state index is -0.885. The van der Waals surface area contributed by atoms with Gasteiger partial charge in [-0.3, -0.25) is 10.1 Å². The molecule has 1 heterocycles. The van der Waals surface area contributed by atoms with E-state index in [2.05, 4.69) is 15.6 Å². The standard InChI is InChI=1S/C12H17N3O4/c1-8-5-6-9(19-2)11(14-8)15-12(18)13-7-3-4-10(16)17/h5-6H,3-4,7H2,1-2H3,(H,16,17)(H2,13,14,15,18). The Morgan fingerprint density at radius 3 is 2.79 bits per heavy atom. The highest BCUT2D eigenvalue weighted by atomic mass is 16.5. The number of aliphatic carboxylic acids is 1. The number of carbonyl (C=O) groups excluding carboxylic acids is 1. The zero-order valence-electron chi connectivity index (χ0n) is 10.9. The first kappa shape index (κ1) is 14.7. The molecular weight excluding hydrogens is 250 g/mol. The number of hydrogen-bond donors (Lipinski definition) is 3. The van der Waals surface area contributed by atoms with Crippen LogP contribution in [0.15, 0.2) is 12.1 Å². The van der Waals surface area contributed by atoms with E-state index in [0.717, 1.165) is 5.69 Å². The molecule has 0 bridgehead atoms. The van der Waals surface area contributed by atoms with E-state index >= 15 is 0 Å². The fourth-order valence-electron chi connectivity index (χ4n) is 1.39. The van der Waals surface area contributed by atoms with E-state index in [0.29, 0.717) is 18.0 Å². The molecule has 7 heteroatoms. The number of nitrogens with zero attached hydrogens (tertiary/aromatic N) is 1. The summed E-state index contributed by atoms with van der Waals surface area (Å²) in [5, 5.41) is 13.6. The van der Waals surface area contributed by atoms with Gasteiger partial charge < -0.3 is 15.2 Å². The number of amides is 2. The molecule has 0 unspecified atom stereocenters. The predicted octanol–water partition coefficient (Wildman–Crippen LogP) is 1.38. The first-order chi connectivity index (χ1) is 9.02. The highest BCUT2D eigenvalue weighted by Crippen LogP contribution is 2.21. The van der Waals surface area contributed by atoms with Crippen LogP contribution in [0.5, 0.6) is 5.75 Å². The van der Waals surface area contributed by atoms with Crippen LogP contribution in [0.3, 0.4) is 0 Å². The van der Waals surface area contributed by atoms with Gasteiger partial charge in [0.05, 0.1) is 7.11 Å². The summed E-state index contributed by atoms with van der Waals surface area (Å²) in [6.07, 6.45) is 0.396. The predicted molar refractivity (Wildman–Crippen MR) is 69.4 cm³/mol. The number of aryl methyl sites for hydroxylation is 1. The zero-order valence-corrected chi connectivity index (χ0v) is 10.9. The smallest absolute Gasteiger partial charge is 0.320 e. The lowest BCUT2D eigenvalue weighted by molar-refractivity contribution is -0.137. The number of urea groups is 1. The Morgan fingerprint density at radius 1 is 1.42 bits per heavy atom. The molecule has 0 aliphatic heterocycles. The molecule has 7 nitrogen and oxygen atoms in total. The van der Waals surface area contributed by atoms with Crippen LogP contribution in [0.2, 0.25) is 0 Å². The normalized spacial score (nSPS) is 9.79. The number of aromatic nitrogens is 1. The Bertz CT molecular complexity index is 462. The Balaban J connectivity index is 2.47. The lowest BCUT2D eigenvalue weighted by atomic mass is 10.3. The van der Waals surface area contributed by atoms with Crippen molar-refractivity contribution in [3.8, 4) is 5.75 Å². The van der Waals surface area contributed by atoms with Crippen molar-refractivity contribution < 1.29 is 19.4 Å². The van der Waals surface area contributed by atoms with E-state index in [1.807, 2.05) is 0 Å². The lowest BCUT2D eigenvalue weighted by Crippen LogP contribution is -2.30. The van der Waals surface area contributed by atoms with Crippen molar-refractivity contribution in [1.29, 1.82) is 0 Å². The molecule has 0 atom stereocenters. The third kappa shape index (κ3) is 5.24. The maximum atomic E-state index is 11.6. The monoisotopic (exact) mass is 267 g/mol. The average molecular weight is 267 g/mol. The molecule has 0 saturated carbocycles. The minimum Gasteiger partial charge on any atom is -0.493 e. The van der Waals surface area contributed by atoms with Crippen molar-refractivity contribution in [2.75, 3.05) is 19.0 Å². The second-order valence-electron chi connectivity index (χ2n) is 3.88. The van der Waals surface area contributed by atoms with Gasteiger partial charge in [-0.05, 0) is 25.5 Å². The van der Waals surface area contributed by atoms with Crippen molar-refractivity contribution in [3.05, 3.63) is 17.8 Å². The van der Waals surface area contributed by atoms with Gasteiger partial charge in [0.25, 0.3) is 0 Å². The second-order valence-corrected chi connectivity index (χ2v) is 3.88. The van der Waals surface area contributed by atoms with E-state index in [1.165, 1.54) is 7.11 Å². The number of rotatable bonds is 6. The van der Waals surface area contributed by atoms with Gasteiger partial charge in [-0.25, -0.2) is 9.78 Å². The zero-order chi connectivity index (χ0) is 14.3. The summed E-state index contributed by atoms with van der Waals surface area (Å²) >= 11 is 0. The van der Waals surface area contributed by atoms with Crippen LogP contribution in [-0.2, 0) is 4.79 Å². The molecule has 0 radical (unpaired) electrons. The summed E-state index contributed by atoms with van der Waals surface area (Å²) in [5.74, 6) is -0.0891. The van der Waals surface area contributed by atoms with E-state index in [-0.39, 0.29) is 13.0 Å². The highest BCUT2D eigenvalue weighted by molar-refractivity contribution is 5.89. The number of carboxylic acids is 1. The third-order valence-corrected chi connectivity index (χ3v) is 2.30. The molecule has 1 rings (SSSR count). The summed E-state index contributed by atoms with van der Waals surface area (Å²) in [6, 6.07) is 3.04. The maximum absolute atomic E-state index is 11.6. The van der Waals surface area contributed by atoms with Crippen molar-refractivity contribution in [2.24, 2.45) is 0 Å². The SMILES string of the molecule is COc1ccc(C)nc1NC(=O)NCCCC(=O)O. The van der Waals surface area contributed by atoms with Gasteiger partial charge in [0.15, 0.2) is 11.6 Å². The third-order valence-electron chi connectivity index (χ3n) is 2.30. The number of carboxylic acid groups (broad SMARTS) is 1. The van der Waals surface area contributed by atoms with Crippen LogP contribution < -0.4 is 15.4 Å². The average Bonchev–Trinajstić information content (AvgIpc) is 2.35. The second kappa shape index (κ2) is 7.20. The number of carbonyl (C=O) groups is 2. The molecule has 1 aromatic heterocycles. The van der Waals surface area contributed by atoms with Gasteiger partial charge >= 0.3 is 12.0 Å². The summed E-state index contributed by atoms with van der Waals surface area (Å²) in [6.45, 7) is 2.08. The number of anilines is 1. The van der Waals surface area contributed by atoms with E-state index in [9.17, 15) is 9.59 Å². The first-order valence-electron chi connectivity index (χ1n) is 5.81. The van der Waals surface area contributed by atoms with E-state index in [4.69, 9.17) is 9.84 Å². The van der Waals surface area contributed by atoms with Crippen LogP contribution in [0.25, 0.3) is 0 Å². The number of nitrogens with one attached hydrogen (secondary N) is 2. The molecular formula is C12H17N3O4. The molecule has 0 saturated heterocycles. The molecule has 0 aromatic carbocycles. The Hall–Kier alpha value is -2.31. The molecule has 0 spiro atoms. The molecule has 0 aliphatic carbocycles. The van der Waals surface area contributed by atoms with Gasteiger partial charge in [-0.2, -0.15) is 0 Å². The fourth-order valence-corrected chi connectivity index (χ4v) is 1.39. The minimum absolute atomic E-state index is 0.0201. The van der Waals surface area contributed by atoms with Crippen molar-refractivity contribution >= 4 is 17.8 Å². The summed E-state index contributed by atoms with van der Waals surface area (Å²) in [5.41, 5.74) is 0.752. The Kier molecular flexibility index (Phi) is 5.59. The molecule has 0 fully saturated rings. The van der Waals surface area contributed by atoms with Gasteiger partial charge in [0.1, 0.15) is 0 Å². The van der Waals surface area contributed by atoms with E-state index in [1.54, 1.807) is 19.1 Å². The first-order valence-corrected chi connectivity index (χ1v) is 5.81. The van der Waals surface area contributed by atoms with Gasteiger partial charge in [0.2, 0.25) is 0 Å². The fraction of sp³-hybridized carbons (Fsp3) is 0.417. The van der Waals surface area contributed by atoms with Crippen LogP contribution in [0, 0.1) is 6.92 Å². The van der Waals surface area contributed by atoms with Gasteiger partial charge in [-0.1, -0.05) is 0 Å². The van der Waals surface area contributed by atoms with Gasteiger partial charge in [0, 0.05) is 18.7 Å². The molecule has 1 aromatic rings. The number of pyridine rings is 1. The summed E-state index contributed by atoms with van der Waals surface area (Å²) in [7, 11) is 1.49. The molecule has 3 N–H and O–H groups in total. The van der Waals surface area contributed by atoms with Crippen molar-refractivity contribution in [2.45, 2.75) is 19.8 Å². The molecule has 19 heavy (non-hydrogen) atoms. The number of methoxy groups -OCH3 is 1. The summed E-state index contributed by atoms with van der Waals surface area (Å²) < 4.78 is 5.08. The van der Waals surface area contributed by atoms with E-state index < -0.39 is 12.0 Å². The number of ether oxygens (including phenoxy) is 1. The van der Waals surface area contributed by atoms with Crippen LogP contribution >= 0.6 is 0 Å². The maximum Gasteiger partial charge on any atom is 0.320 e. The van der Waals surface area contributed by atoms with Crippen LogP contribution in [0.4, 0.5) is 10.6 Å². The topological polar surface area (TPSA) is 101 Å². The van der Waals surface area contributed by atoms with Crippen LogP contribution in [0.1, 0.15) is 18.5 Å². The summed E-state index contributed by atoms with van der Waals surface area (Å²) in [4.78, 5) is 26.0. The quantitative estimate of drug-likeness (QED) is 0.676.